The van der Waals surface area contributed by atoms with Crippen LogP contribution in [0.1, 0.15) is 32.1 Å². The second-order valence-corrected chi connectivity index (χ2v) is 5.93. The summed E-state index contributed by atoms with van der Waals surface area (Å²) in [5, 5.41) is 12.6. The largest absolute Gasteiger partial charge is 0.481 e. The van der Waals surface area contributed by atoms with Gasteiger partial charge in [0.05, 0.1) is 21.1 Å². The van der Waals surface area contributed by atoms with Crippen LogP contribution in [0, 0.1) is 5.41 Å². The molecule has 0 radical (unpaired) electrons. The average molecular weight is 316 g/mol. The number of benzene rings is 1. The number of carboxylic acid groups (broad SMARTS) is 1. The lowest BCUT2D eigenvalue weighted by Crippen LogP contribution is -2.32. The topological polar surface area (TPSA) is 66.4 Å². The van der Waals surface area contributed by atoms with Gasteiger partial charge in [0.15, 0.2) is 0 Å². The number of anilines is 1. The molecule has 4 nitrogen and oxygen atoms in total. The first-order valence-electron chi connectivity index (χ1n) is 6.42. The third-order valence-corrected chi connectivity index (χ3v) is 4.37. The minimum absolute atomic E-state index is 0.0517. The molecule has 1 aliphatic carbocycles. The SMILES string of the molecule is O=C(CC1(C(=O)O)CCCC1)Nc1c(Cl)cccc1Cl. The van der Waals surface area contributed by atoms with Crippen LogP contribution in [0.2, 0.25) is 10.0 Å². The molecule has 0 spiro atoms. The lowest BCUT2D eigenvalue weighted by atomic mass is 9.82. The van der Waals surface area contributed by atoms with E-state index in [-0.39, 0.29) is 12.3 Å². The van der Waals surface area contributed by atoms with Crippen LogP contribution in [0.3, 0.4) is 0 Å². The van der Waals surface area contributed by atoms with E-state index in [2.05, 4.69) is 5.32 Å². The highest BCUT2D eigenvalue weighted by Gasteiger charge is 2.43. The predicted molar refractivity (Wildman–Crippen MR) is 78.2 cm³/mol. The van der Waals surface area contributed by atoms with E-state index in [0.29, 0.717) is 28.6 Å². The molecule has 2 rings (SSSR count). The molecular formula is C14H15Cl2NO3. The Morgan fingerprint density at radius 3 is 2.25 bits per heavy atom. The molecule has 0 bridgehead atoms. The van der Waals surface area contributed by atoms with Gasteiger partial charge in [0.1, 0.15) is 0 Å². The summed E-state index contributed by atoms with van der Waals surface area (Å²) in [5.41, 5.74) is -0.614. The van der Waals surface area contributed by atoms with Crippen molar-refractivity contribution in [3.05, 3.63) is 28.2 Å². The number of aliphatic carboxylic acids is 1. The van der Waals surface area contributed by atoms with Crippen molar-refractivity contribution in [3.63, 3.8) is 0 Å². The van der Waals surface area contributed by atoms with Crippen LogP contribution in [-0.4, -0.2) is 17.0 Å². The normalized spacial score (nSPS) is 16.9. The van der Waals surface area contributed by atoms with Gasteiger partial charge in [0, 0.05) is 6.42 Å². The Morgan fingerprint density at radius 1 is 1.20 bits per heavy atom. The van der Waals surface area contributed by atoms with Gasteiger partial charge in [-0.25, -0.2) is 0 Å². The third-order valence-electron chi connectivity index (χ3n) is 3.74. The second-order valence-electron chi connectivity index (χ2n) is 5.11. The number of hydrogen-bond acceptors (Lipinski definition) is 2. The van der Waals surface area contributed by atoms with Gasteiger partial charge >= 0.3 is 5.97 Å². The molecule has 0 aliphatic heterocycles. The maximum Gasteiger partial charge on any atom is 0.310 e. The molecule has 1 saturated carbocycles. The highest BCUT2D eigenvalue weighted by Crippen LogP contribution is 2.42. The van der Waals surface area contributed by atoms with Crippen molar-refractivity contribution in [2.75, 3.05) is 5.32 Å². The zero-order chi connectivity index (χ0) is 14.8. The summed E-state index contributed by atoms with van der Waals surface area (Å²) in [5.74, 6) is -1.28. The Morgan fingerprint density at radius 2 is 1.75 bits per heavy atom. The lowest BCUT2D eigenvalue weighted by molar-refractivity contribution is -0.150. The van der Waals surface area contributed by atoms with Gasteiger partial charge in [-0.1, -0.05) is 42.1 Å². The van der Waals surface area contributed by atoms with Crippen molar-refractivity contribution in [2.45, 2.75) is 32.1 Å². The number of hydrogen-bond donors (Lipinski definition) is 2. The first kappa shape index (κ1) is 15.1. The Kier molecular flexibility index (Phi) is 4.55. The zero-order valence-corrected chi connectivity index (χ0v) is 12.3. The van der Waals surface area contributed by atoms with Crippen LogP contribution in [-0.2, 0) is 9.59 Å². The van der Waals surface area contributed by atoms with E-state index < -0.39 is 11.4 Å². The Bertz CT molecular complexity index is 519. The van der Waals surface area contributed by atoms with Gasteiger partial charge < -0.3 is 10.4 Å². The minimum atomic E-state index is -0.947. The van der Waals surface area contributed by atoms with Crippen LogP contribution < -0.4 is 5.32 Å². The first-order valence-corrected chi connectivity index (χ1v) is 7.17. The van der Waals surface area contributed by atoms with Crippen molar-refractivity contribution in [3.8, 4) is 0 Å². The maximum absolute atomic E-state index is 12.1. The molecule has 0 atom stereocenters. The number of amides is 1. The fourth-order valence-corrected chi connectivity index (χ4v) is 3.12. The van der Waals surface area contributed by atoms with Gasteiger partial charge in [0.2, 0.25) is 5.91 Å². The molecule has 1 fully saturated rings. The zero-order valence-electron chi connectivity index (χ0n) is 10.8. The summed E-state index contributed by atoms with van der Waals surface area (Å²) >= 11 is 11.9. The Hall–Kier alpha value is -1.26. The molecule has 0 unspecified atom stereocenters. The van der Waals surface area contributed by atoms with Crippen molar-refractivity contribution in [2.24, 2.45) is 5.41 Å². The fraction of sp³-hybridized carbons (Fsp3) is 0.429. The molecule has 2 N–H and O–H groups in total. The van der Waals surface area contributed by atoms with Crippen LogP contribution in [0.25, 0.3) is 0 Å². The van der Waals surface area contributed by atoms with Gasteiger partial charge in [0.25, 0.3) is 0 Å². The molecule has 108 valence electrons. The number of carbonyl (C=O) groups is 2. The number of nitrogens with one attached hydrogen (secondary N) is 1. The lowest BCUT2D eigenvalue weighted by Gasteiger charge is -2.23. The summed E-state index contributed by atoms with van der Waals surface area (Å²) in [7, 11) is 0. The summed E-state index contributed by atoms with van der Waals surface area (Å²) < 4.78 is 0. The molecule has 1 aliphatic rings. The standard InChI is InChI=1S/C14H15Cl2NO3/c15-9-4-3-5-10(16)12(9)17-11(18)8-14(13(19)20)6-1-2-7-14/h3-5H,1-2,6-8H2,(H,17,18)(H,19,20). The number of carboxylic acids is 1. The van der Waals surface area contributed by atoms with Crippen LogP contribution in [0.15, 0.2) is 18.2 Å². The van der Waals surface area contributed by atoms with Gasteiger partial charge in [-0.2, -0.15) is 0 Å². The smallest absolute Gasteiger partial charge is 0.310 e. The predicted octanol–water partition coefficient (Wildman–Crippen LogP) is 3.97. The van der Waals surface area contributed by atoms with Crippen LogP contribution >= 0.6 is 23.2 Å². The summed E-state index contributed by atoms with van der Waals surface area (Å²) in [6.45, 7) is 0. The number of halogens is 2. The van der Waals surface area contributed by atoms with E-state index in [0.717, 1.165) is 12.8 Å². The van der Waals surface area contributed by atoms with Crippen molar-refractivity contribution < 1.29 is 14.7 Å². The highest BCUT2D eigenvalue weighted by atomic mass is 35.5. The number of carbonyl (C=O) groups excluding carboxylic acids is 1. The van der Waals surface area contributed by atoms with E-state index in [4.69, 9.17) is 23.2 Å². The Balaban J connectivity index is 2.11. The average Bonchev–Trinajstić information content (AvgIpc) is 2.84. The van der Waals surface area contributed by atoms with Crippen LogP contribution in [0.4, 0.5) is 5.69 Å². The molecule has 20 heavy (non-hydrogen) atoms. The second kappa shape index (κ2) is 6.02. The van der Waals surface area contributed by atoms with E-state index in [1.54, 1.807) is 18.2 Å². The molecular weight excluding hydrogens is 301 g/mol. The summed E-state index contributed by atoms with van der Waals surface area (Å²) in [6, 6.07) is 4.91. The van der Waals surface area contributed by atoms with E-state index in [9.17, 15) is 14.7 Å². The number of rotatable bonds is 4. The minimum Gasteiger partial charge on any atom is -0.481 e. The monoisotopic (exact) mass is 315 g/mol. The van der Waals surface area contributed by atoms with Gasteiger partial charge in [-0.3, -0.25) is 9.59 Å². The maximum atomic E-state index is 12.1. The molecule has 0 saturated heterocycles. The molecule has 1 aromatic rings. The molecule has 0 aromatic heterocycles. The van der Waals surface area contributed by atoms with Crippen molar-refractivity contribution in [1.82, 2.24) is 0 Å². The summed E-state index contributed by atoms with van der Waals surface area (Å²) in [4.78, 5) is 23.5. The van der Waals surface area contributed by atoms with Crippen molar-refractivity contribution in [1.29, 1.82) is 0 Å². The molecule has 1 aromatic carbocycles. The fourth-order valence-electron chi connectivity index (χ4n) is 2.63. The summed E-state index contributed by atoms with van der Waals surface area (Å²) in [6.07, 6.45) is 2.70. The quantitative estimate of drug-likeness (QED) is 0.883. The third kappa shape index (κ3) is 3.07. The van der Waals surface area contributed by atoms with Gasteiger partial charge in [-0.05, 0) is 25.0 Å². The molecule has 0 heterocycles. The van der Waals surface area contributed by atoms with Crippen LogP contribution in [0.5, 0.6) is 0 Å². The highest BCUT2D eigenvalue weighted by molar-refractivity contribution is 6.39. The van der Waals surface area contributed by atoms with Gasteiger partial charge in [-0.15, -0.1) is 0 Å². The molecule has 1 amide bonds. The Labute approximate surface area is 127 Å². The van der Waals surface area contributed by atoms with E-state index in [1.807, 2.05) is 0 Å². The van der Waals surface area contributed by atoms with Crippen molar-refractivity contribution >= 4 is 40.8 Å². The molecule has 6 heteroatoms. The van der Waals surface area contributed by atoms with E-state index >= 15 is 0 Å². The van der Waals surface area contributed by atoms with E-state index in [1.165, 1.54) is 0 Å². The number of para-hydroxylation sites is 1. The first-order chi connectivity index (χ1) is 9.44.